The molecule has 2 fully saturated rings. The molecule has 3 aliphatic heterocycles. The molecule has 18 heteroatoms. The molecule has 0 bridgehead atoms. The van der Waals surface area contributed by atoms with E-state index >= 15 is 17.6 Å². The quantitative estimate of drug-likeness (QED) is 0.188. The van der Waals surface area contributed by atoms with Gasteiger partial charge in [0.1, 0.15) is 58.4 Å². The molecule has 5 aromatic rings. The van der Waals surface area contributed by atoms with Gasteiger partial charge in [-0.2, -0.15) is 33.7 Å². The molecule has 11 nitrogen and oxygen atoms in total. The summed E-state index contributed by atoms with van der Waals surface area (Å²) in [6.07, 6.45) is -1.03. The predicted octanol–water partition coefficient (Wildman–Crippen LogP) is 7.09. The number of aromatic nitrogens is 4. The van der Waals surface area contributed by atoms with Gasteiger partial charge in [0.2, 0.25) is 5.82 Å². The van der Waals surface area contributed by atoms with Crippen LogP contribution in [0.1, 0.15) is 54.9 Å². The third-order valence-electron chi connectivity index (χ3n) is 9.65. The van der Waals surface area contributed by atoms with Crippen LogP contribution in [0, 0.1) is 34.3 Å². The van der Waals surface area contributed by atoms with Crippen LogP contribution in [-0.4, -0.2) is 70.4 Å². The van der Waals surface area contributed by atoms with Crippen molar-refractivity contribution < 1.29 is 35.8 Å². The monoisotopic (exact) mass is 753 g/mol. The number of methoxy groups -OCH3 is 1. The minimum atomic E-state index is -5.21. The lowest BCUT2D eigenvalue weighted by atomic mass is 9.91. The Morgan fingerprint density at radius 2 is 1.89 bits per heavy atom. The first-order chi connectivity index (χ1) is 25.4. The maximum atomic E-state index is 16.8. The minimum absolute atomic E-state index is 0.0360. The van der Waals surface area contributed by atoms with Crippen molar-refractivity contribution in [1.82, 2.24) is 24.8 Å². The van der Waals surface area contributed by atoms with Crippen LogP contribution in [0.15, 0.2) is 24.4 Å². The molecule has 2 unspecified atom stereocenters. The maximum absolute atomic E-state index is 16.8. The number of nitrogens with zero attached hydrogens (tertiary/aromatic N) is 8. The van der Waals surface area contributed by atoms with Gasteiger partial charge in [-0.3, -0.25) is 4.90 Å². The number of halogens is 6. The highest BCUT2D eigenvalue weighted by atomic mass is 32.1. The summed E-state index contributed by atoms with van der Waals surface area (Å²) in [5.74, 6) is -3.28. The zero-order valence-electron chi connectivity index (χ0n) is 28.1. The number of rotatable bonds is 4. The SMILES string of the molecule is COc1nc2c3c(c(C(F)(F)F)c(-c4ccc(F)c5sc(N)c(C#N)c45)c(F)c3n1)OCCN2[C@H](C)c1ccnc(C#N)n1.FC1CC2CCCN2C1. The molecule has 3 aromatic heterocycles. The summed E-state index contributed by atoms with van der Waals surface area (Å²) in [7, 11) is 1.21. The number of thiophene rings is 1. The van der Waals surface area contributed by atoms with Crippen molar-refractivity contribution in [2.45, 2.75) is 50.6 Å². The number of hydrogen-bond donors (Lipinski definition) is 1. The van der Waals surface area contributed by atoms with E-state index in [9.17, 15) is 19.3 Å². The fourth-order valence-electron chi connectivity index (χ4n) is 7.31. The highest BCUT2D eigenvalue weighted by Crippen LogP contribution is 2.53. The first kappa shape index (κ1) is 35.9. The summed E-state index contributed by atoms with van der Waals surface area (Å²) in [5, 5.41) is 18.2. The lowest BCUT2D eigenvalue weighted by Gasteiger charge is -2.29. The molecule has 0 radical (unpaired) electrons. The summed E-state index contributed by atoms with van der Waals surface area (Å²) < 4.78 is 100. The van der Waals surface area contributed by atoms with E-state index in [0.717, 1.165) is 25.1 Å². The Morgan fingerprint density at radius 1 is 1.09 bits per heavy atom. The topological polar surface area (TPSA) is 150 Å². The Balaban J connectivity index is 0.000000418. The van der Waals surface area contributed by atoms with Gasteiger partial charge in [0.25, 0.3) is 0 Å². The van der Waals surface area contributed by atoms with Crippen molar-refractivity contribution in [3.8, 4) is 35.0 Å². The average molecular weight is 754 g/mol. The van der Waals surface area contributed by atoms with E-state index in [4.69, 9.17) is 15.2 Å². The number of alkyl halides is 4. The summed E-state index contributed by atoms with van der Waals surface area (Å²) in [4.78, 5) is 20.2. The third-order valence-corrected chi connectivity index (χ3v) is 10.7. The highest BCUT2D eigenvalue weighted by Gasteiger charge is 2.44. The normalized spacial score (nSPS) is 18.8. The van der Waals surface area contributed by atoms with Crippen LogP contribution in [-0.2, 0) is 6.18 Å². The second-order valence-electron chi connectivity index (χ2n) is 12.7. The molecule has 0 amide bonds. The van der Waals surface area contributed by atoms with Gasteiger partial charge in [-0.25, -0.2) is 23.1 Å². The molecule has 3 aliphatic rings. The minimum Gasteiger partial charge on any atom is -0.490 e. The molecule has 6 heterocycles. The summed E-state index contributed by atoms with van der Waals surface area (Å²) in [6, 6.07) is 6.54. The Hall–Kier alpha value is -5.46. The van der Waals surface area contributed by atoms with Crippen LogP contribution >= 0.6 is 11.3 Å². The lowest BCUT2D eigenvalue weighted by molar-refractivity contribution is -0.138. The third kappa shape index (κ3) is 6.25. The molecular weight excluding hydrogens is 725 g/mol. The molecule has 2 N–H and O–H groups in total. The summed E-state index contributed by atoms with van der Waals surface area (Å²) >= 11 is 0.661. The molecule has 0 spiro atoms. The fraction of sp³-hybridized carbons (Fsp3) is 0.371. The number of hydrogen-bond acceptors (Lipinski definition) is 12. The highest BCUT2D eigenvalue weighted by molar-refractivity contribution is 7.23. The number of nitrogens with two attached hydrogens (primary N) is 1. The van der Waals surface area contributed by atoms with E-state index < -0.39 is 58.0 Å². The van der Waals surface area contributed by atoms with Crippen molar-refractivity contribution in [2.24, 2.45) is 0 Å². The number of nitriles is 2. The van der Waals surface area contributed by atoms with Crippen LogP contribution in [0.25, 0.3) is 32.1 Å². The van der Waals surface area contributed by atoms with Gasteiger partial charge in [0.15, 0.2) is 5.82 Å². The Kier molecular flexibility index (Phi) is 9.37. The summed E-state index contributed by atoms with van der Waals surface area (Å²) in [5.41, 5.74) is 2.47. The Bertz CT molecular complexity index is 2330. The largest absolute Gasteiger partial charge is 0.490 e. The molecule has 2 saturated heterocycles. The molecule has 0 aliphatic carbocycles. The molecule has 2 aromatic carbocycles. The van der Waals surface area contributed by atoms with Crippen LogP contribution in [0.2, 0.25) is 0 Å². The van der Waals surface area contributed by atoms with Crippen LogP contribution < -0.4 is 20.1 Å². The van der Waals surface area contributed by atoms with Crippen LogP contribution in [0.5, 0.6) is 11.8 Å². The number of fused-ring (bicyclic) bond motifs is 2. The lowest BCUT2D eigenvalue weighted by Crippen LogP contribution is -2.31. The van der Waals surface area contributed by atoms with E-state index in [0.29, 0.717) is 29.6 Å². The zero-order valence-corrected chi connectivity index (χ0v) is 29.0. The zero-order chi connectivity index (χ0) is 37.8. The van der Waals surface area contributed by atoms with Crippen molar-refractivity contribution in [3.63, 3.8) is 0 Å². The first-order valence-electron chi connectivity index (χ1n) is 16.5. The van der Waals surface area contributed by atoms with Gasteiger partial charge in [0.05, 0.1) is 41.0 Å². The average Bonchev–Trinajstić information content (AvgIpc) is 3.79. The van der Waals surface area contributed by atoms with E-state index in [1.165, 1.54) is 37.1 Å². The number of ether oxygens (including phenoxy) is 2. The molecule has 0 saturated carbocycles. The van der Waals surface area contributed by atoms with Gasteiger partial charge < -0.3 is 20.1 Å². The van der Waals surface area contributed by atoms with E-state index in [-0.39, 0.29) is 56.8 Å². The maximum Gasteiger partial charge on any atom is 0.420 e. The standard InChI is InChI=1S/C28H17F5N8O2S.C7H12FN/c1-11(15-5-6-37-16(10-35)38-15)41-7-8-43-23-19-22(39-27(42-2)40-26(19)41)21(30)18(20(23)28(31,32)33)12-3-4-14(29)24-17(12)13(9-34)25(36)44-24;8-6-4-7-2-1-3-9(7)5-6/h3-6,11H,7-8,36H2,1-2H3;6-7H,1-5H2/t11-;/m1./s1. The van der Waals surface area contributed by atoms with E-state index in [1.54, 1.807) is 13.0 Å². The molecule has 53 heavy (non-hydrogen) atoms. The molecule has 8 rings (SSSR count). The van der Waals surface area contributed by atoms with Gasteiger partial charge in [-0.15, -0.1) is 11.3 Å². The summed E-state index contributed by atoms with van der Waals surface area (Å²) in [6.45, 7) is 3.18. The van der Waals surface area contributed by atoms with Gasteiger partial charge in [-0.05, 0) is 50.4 Å². The van der Waals surface area contributed by atoms with Crippen LogP contribution in [0.3, 0.4) is 0 Å². The smallest absolute Gasteiger partial charge is 0.420 e. The second kappa shape index (κ2) is 13.8. The fourth-order valence-corrected chi connectivity index (χ4v) is 8.26. The van der Waals surface area contributed by atoms with Crippen molar-refractivity contribution in [2.75, 3.05) is 44.0 Å². The Labute approximate surface area is 302 Å². The van der Waals surface area contributed by atoms with E-state index in [2.05, 4.69) is 24.8 Å². The molecule has 274 valence electrons. The molecule has 3 atom stereocenters. The molecular formula is C35H29F6N9O2S. The second-order valence-corrected chi connectivity index (χ2v) is 13.7. The van der Waals surface area contributed by atoms with Gasteiger partial charge in [-0.1, -0.05) is 6.07 Å². The number of benzene rings is 2. The van der Waals surface area contributed by atoms with Crippen LogP contribution in [0.4, 0.5) is 37.2 Å². The predicted molar refractivity (Wildman–Crippen MR) is 183 cm³/mol. The van der Waals surface area contributed by atoms with Crippen molar-refractivity contribution in [1.29, 1.82) is 10.5 Å². The van der Waals surface area contributed by atoms with Crippen molar-refractivity contribution in [3.05, 3.63) is 58.7 Å². The van der Waals surface area contributed by atoms with Crippen molar-refractivity contribution >= 4 is 43.1 Å². The van der Waals surface area contributed by atoms with E-state index in [1.807, 2.05) is 6.07 Å². The number of nitrogen functional groups attached to an aromatic ring is 1. The van der Waals surface area contributed by atoms with Gasteiger partial charge >= 0.3 is 12.2 Å². The van der Waals surface area contributed by atoms with Gasteiger partial charge in [0, 0.05) is 29.7 Å². The number of anilines is 2. The Morgan fingerprint density at radius 3 is 2.58 bits per heavy atom. The first-order valence-corrected chi connectivity index (χ1v) is 17.3.